The van der Waals surface area contributed by atoms with Gasteiger partial charge >= 0.3 is 0 Å². The molecule has 0 aliphatic carbocycles. The van der Waals surface area contributed by atoms with Gasteiger partial charge in [0.2, 0.25) is 15.9 Å². The number of halogens is 1. The van der Waals surface area contributed by atoms with Gasteiger partial charge in [-0.05, 0) is 43.2 Å². The van der Waals surface area contributed by atoms with E-state index in [1.165, 1.54) is 25.3 Å². The quantitative estimate of drug-likeness (QED) is 0.519. The van der Waals surface area contributed by atoms with E-state index in [1.54, 1.807) is 30.3 Å². The molecule has 10 heteroatoms. The van der Waals surface area contributed by atoms with Gasteiger partial charge in [-0.25, -0.2) is 17.5 Å². The molecule has 1 saturated heterocycles. The summed E-state index contributed by atoms with van der Waals surface area (Å²) in [5.74, 6) is -0.171. The standard InChI is InChI=1S/C22H27FN2O6S/c1-30-16-6-9-18(10-7-16)32(28,29)25-20-11-8-17(31-21(20)14-26)12-22(27)24-13-15-4-2-3-5-19(15)23/h2-7,9-10,17,20-21,25-26H,8,11-14H2,1H3,(H,24,27)/t17-,20+,21-/m0/s1. The van der Waals surface area contributed by atoms with Gasteiger partial charge in [-0.1, -0.05) is 18.2 Å². The van der Waals surface area contributed by atoms with E-state index >= 15 is 0 Å². The SMILES string of the molecule is COc1ccc(S(=O)(=O)N[C@@H]2CC[C@@H](CC(=O)NCc3ccccc3F)O[C@H]2CO)cc1. The van der Waals surface area contributed by atoms with E-state index in [4.69, 9.17) is 9.47 Å². The van der Waals surface area contributed by atoms with Crippen LogP contribution in [0.1, 0.15) is 24.8 Å². The summed E-state index contributed by atoms with van der Waals surface area (Å²) in [4.78, 5) is 12.3. The Hall–Kier alpha value is -2.53. The van der Waals surface area contributed by atoms with Crippen LogP contribution < -0.4 is 14.8 Å². The molecular weight excluding hydrogens is 439 g/mol. The van der Waals surface area contributed by atoms with Crippen molar-refractivity contribution in [2.75, 3.05) is 13.7 Å². The number of hydrogen-bond acceptors (Lipinski definition) is 6. The van der Waals surface area contributed by atoms with Crippen LogP contribution >= 0.6 is 0 Å². The zero-order chi connectivity index (χ0) is 23.1. The molecule has 32 heavy (non-hydrogen) atoms. The first-order valence-electron chi connectivity index (χ1n) is 10.2. The van der Waals surface area contributed by atoms with Crippen molar-refractivity contribution in [2.24, 2.45) is 0 Å². The van der Waals surface area contributed by atoms with Crippen LogP contribution in [-0.2, 0) is 26.1 Å². The van der Waals surface area contributed by atoms with Crippen LogP contribution in [-0.4, -0.2) is 51.4 Å². The van der Waals surface area contributed by atoms with Crippen molar-refractivity contribution >= 4 is 15.9 Å². The van der Waals surface area contributed by atoms with Gasteiger partial charge < -0.3 is 19.9 Å². The molecule has 0 bridgehead atoms. The summed E-state index contributed by atoms with van der Waals surface area (Å²) in [5, 5.41) is 12.4. The van der Waals surface area contributed by atoms with Gasteiger partial charge in [-0.2, -0.15) is 0 Å². The maximum Gasteiger partial charge on any atom is 0.240 e. The first-order valence-corrected chi connectivity index (χ1v) is 11.7. The molecule has 3 rings (SSSR count). The lowest BCUT2D eigenvalue weighted by atomic mass is 9.98. The topological polar surface area (TPSA) is 114 Å². The Kier molecular flexibility index (Phi) is 8.19. The number of nitrogens with one attached hydrogen (secondary N) is 2. The summed E-state index contributed by atoms with van der Waals surface area (Å²) in [6.07, 6.45) is -0.413. The van der Waals surface area contributed by atoms with E-state index < -0.39 is 40.7 Å². The first kappa shape index (κ1) is 24.1. The van der Waals surface area contributed by atoms with E-state index in [0.717, 1.165) is 0 Å². The Balaban J connectivity index is 1.53. The highest BCUT2D eigenvalue weighted by Crippen LogP contribution is 2.24. The lowest BCUT2D eigenvalue weighted by molar-refractivity contribution is -0.130. The van der Waals surface area contributed by atoms with E-state index in [1.807, 2.05) is 0 Å². The Morgan fingerprint density at radius 1 is 1.19 bits per heavy atom. The molecule has 0 spiro atoms. The molecule has 174 valence electrons. The zero-order valence-electron chi connectivity index (χ0n) is 17.7. The first-order chi connectivity index (χ1) is 15.3. The van der Waals surface area contributed by atoms with Crippen molar-refractivity contribution in [3.63, 3.8) is 0 Å². The number of aliphatic hydroxyl groups excluding tert-OH is 1. The van der Waals surface area contributed by atoms with E-state index in [0.29, 0.717) is 24.2 Å². The molecule has 1 amide bonds. The number of carbonyl (C=O) groups excluding carboxylic acids is 1. The highest BCUT2D eigenvalue weighted by atomic mass is 32.2. The molecular formula is C22H27FN2O6S. The van der Waals surface area contributed by atoms with Crippen LogP contribution in [0.15, 0.2) is 53.4 Å². The predicted molar refractivity (Wildman–Crippen MR) is 115 cm³/mol. The lowest BCUT2D eigenvalue weighted by Crippen LogP contribution is -2.51. The molecule has 2 aromatic rings. The molecule has 0 radical (unpaired) electrons. The Morgan fingerprint density at radius 3 is 2.56 bits per heavy atom. The Bertz CT molecular complexity index is 1020. The third-order valence-corrected chi connectivity index (χ3v) is 6.82. The molecule has 1 heterocycles. The summed E-state index contributed by atoms with van der Waals surface area (Å²) in [6, 6.07) is 11.5. The highest BCUT2D eigenvalue weighted by Gasteiger charge is 2.34. The zero-order valence-corrected chi connectivity index (χ0v) is 18.5. The van der Waals surface area contributed by atoms with Gasteiger partial charge in [-0.15, -0.1) is 0 Å². The molecule has 3 atom stereocenters. The molecule has 1 fully saturated rings. The van der Waals surface area contributed by atoms with Crippen LogP contribution in [0.4, 0.5) is 4.39 Å². The van der Waals surface area contributed by atoms with Gasteiger partial charge in [-0.3, -0.25) is 4.79 Å². The fourth-order valence-electron chi connectivity index (χ4n) is 3.55. The average Bonchev–Trinajstić information content (AvgIpc) is 2.79. The second-order valence-corrected chi connectivity index (χ2v) is 9.25. The fourth-order valence-corrected chi connectivity index (χ4v) is 4.85. The highest BCUT2D eigenvalue weighted by molar-refractivity contribution is 7.89. The third kappa shape index (κ3) is 6.26. The van der Waals surface area contributed by atoms with Crippen molar-refractivity contribution in [2.45, 2.75) is 49.0 Å². The number of rotatable bonds is 9. The summed E-state index contributed by atoms with van der Waals surface area (Å²) in [5.41, 5.74) is 0.381. The second kappa shape index (κ2) is 10.9. The summed E-state index contributed by atoms with van der Waals surface area (Å²) < 4.78 is 52.4. The summed E-state index contributed by atoms with van der Waals surface area (Å²) in [6.45, 7) is -0.338. The van der Waals surface area contributed by atoms with Crippen molar-refractivity contribution in [1.29, 1.82) is 0 Å². The van der Waals surface area contributed by atoms with Crippen LogP contribution in [0.2, 0.25) is 0 Å². The third-order valence-electron chi connectivity index (χ3n) is 5.32. The monoisotopic (exact) mass is 466 g/mol. The lowest BCUT2D eigenvalue weighted by Gasteiger charge is -2.35. The number of amides is 1. The number of hydrogen-bond donors (Lipinski definition) is 3. The minimum Gasteiger partial charge on any atom is -0.497 e. The minimum atomic E-state index is -3.82. The smallest absolute Gasteiger partial charge is 0.240 e. The maximum atomic E-state index is 13.7. The number of benzene rings is 2. The number of aliphatic hydroxyl groups is 1. The van der Waals surface area contributed by atoms with Gasteiger partial charge in [0.05, 0.1) is 43.3 Å². The molecule has 1 aliphatic heterocycles. The second-order valence-electron chi connectivity index (χ2n) is 7.53. The number of methoxy groups -OCH3 is 1. The van der Waals surface area contributed by atoms with Crippen molar-refractivity contribution < 1.29 is 32.2 Å². The normalized spacial score (nSPS) is 21.2. The maximum absolute atomic E-state index is 13.7. The van der Waals surface area contributed by atoms with Crippen LogP contribution in [0.5, 0.6) is 5.75 Å². The van der Waals surface area contributed by atoms with Crippen LogP contribution in [0.25, 0.3) is 0 Å². The Labute approximate surface area is 186 Å². The van der Waals surface area contributed by atoms with Crippen LogP contribution in [0.3, 0.4) is 0 Å². The van der Waals surface area contributed by atoms with Crippen molar-refractivity contribution in [3.05, 3.63) is 59.9 Å². The van der Waals surface area contributed by atoms with Crippen LogP contribution in [0, 0.1) is 5.82 Å². The Morgan fingerprint density at radius 2 is 1.91 bits per heavy atom. The molecule has 8 nitrogen and oxygen atoms in total. The molecule has 1 aliphatic rings. The van der Waals surface area contributed by atoms with E-state index in [9.17, 15) is 22.7 Å². The number of ether oxygens (including phenoxy) is 2. The number of carbonyl (C=O) groups is 1. The van der Waals surface area contributed by atoms with Crippen molar-refractivity contribution in [3.8, 4) is 5.75 Å². The van der Waals surface area contributed by atoms with Gasteiger partial charge in [0, 0.05) is 12.1 Å². The van der Waals surface area contributed by atoms with E-state index in [2.05, 4.69) is 10.0 Å². The summed E-state index contributed by atoms with van der Waals surface area (Å²) >= 11 is 0. The molecule has 3 N–H and O–H groups in total. The molecule has 0 saturated carbocycles. The van der Waals surface area contributed by atoms with E-state index in [-0.39, 0.29) is 23.8 Å². The van der Waals surface area contributed by atoms with Gasteiger partial charge in [0.15, 0.2) is 0 Å². The molecule has 0 unspecified atom stereocenters. The summed E-state index contributed by atoms with van der Waals surface area (Å²) in [7, 11) is -2.33. The van der Waals surface area contributed by atoms with Gasteiger partial charge in [0.25, 0.3) is 0 Å². The molecule has 2 aromatic carbocycles. The predicted octanol–water partition coefficient (Wildman–Crippen LogP) is 1.73. The van der Waals surface area contributed by atoms with Crippen molar-refractivity contribution in [1.82, 2.24) is 10.0 Å². The largest absolute Gasteiger partial charge is 0.497 e. The minimum absolute atomic E-state index is 0.0307. The number of sulfonamides is 1. The van der Waals surface area contributed by atoms with Gasteiger partial charge in [0.1, 0.15) is 11.6 Å². The molecule has 0 aromatic heterocycles. The average molecular weight is 467 g/mol. The fraction of sp³-hybridized carbons (Fsp3) is 0.409.